The van der Waals surface area contributed by atoms with Gasteiger partial charge in [-0.05, 0) is 24.6 Å². The lowest BCUT2D eigenvalue weighted by Gasteiger charge is -2.06. The molecule has 21 heavy (non-hydrogen) atoms. The molecule has 116 valence electrons. The van der Waals surface area contributed by atoms with Gasteiger partial charge >= 0.3 is 0 Å². The van der Waals surface area contributed by atoms with Gasteiger partial charge < -0.3 is 4.57 Å². The number of rotatable bonds is 9. The van der Waals surface area contributed by atoms with E-state index in [0.717, 1.165) is 22.5 Å². The van der Waals surface area contributed by atoms with Gasteiger partial charge in [0.05, 0.1) is 10.5 Å². The lowest BCUT2D eigenvalue weighted by Crippen LogP contribution is -1.96. The molecule has 3 heteroatoms. The summed E-state index contributed by atoms with van der Waals surface area (Å²) in [5, 5.41) is 2.55. The number of fused-ring (bicyclic) bond motifs is 1. The van der Waals surface area contributed by atoms with E-state index in [-0.39, 0.29) is 0 Å². The van der Waals surface area contributed by atoms with Gasteiger partial charge in [0, 0.05) is 23.2 Å². The second-order valence-corrected chi connectivity index (χ2v) is 6.65. The number of halogens is 2. The number of aromatic nitrogens is 1. The molecule has 2 rings (SSSR count). The average molecular weight is 326 g/mol. The lowest BCUT2D eigenvalue weighted by molar-refractivity contribution is 0.549. The summed E-state index contributed by atoms with van der Waals surface area (Å²) < 4.78 is 2.27. The molecule has 0 amide bonds. The predicted molar refractivity (Wildman–Crippen MR) is 94.6 cm³/mol. The Morgan fingerprint density at radius 3 is 2.29 bits per heavy atom. The van der Waals surface area contributed by atoms with Gasteiger partial charge in [-0.2, -0.15) is 0 Å². The SMILES string of the molecule is CCCCCCCCCCn1ccc2c(Cl)cc(Cl)cc21. The Morgan fingerprint density at radius 2 is 1.57 bits per heavy atom. The first-order valence-corrected chi connectivity index (χ1v) is 8.92. The molecule has 0 N–H and O–H groups in total. The second-order valence-electron chi connectivity index (χ2n) is 5.80. The first-order chi connectivity index (χ1) is 10.2. The van der Waals surface area contributed by atoms with E-state index in [9.17, 15) is 0 Å². The smallest absolute Gasteiger partial charge is 0.0514 e. The van der Waals surface area contributed by atoms with Gasteiger partial charge in [-0.25, -0.2) is 0 Å². The largest absolute Gasteiger partial charge is 0.347 e. The normalized spacial score (nSPS) is 11.4. The highest BCUT2D eigenvalue weighted by atomic mass is 35.5. The van der Waals surface area contributed by atoms with Crippen molar-refractivity contribution in [2.45, 2.75) is 64.8 Å². The monoisotopic (exact) mass is 325 g/mol. The summed E-state index contributed by atoms with van der Waals surface area (Å²) in [6, 6.07) is 5.90. The van der Waals surface area contributed by atoms with Crippen LogP contribution in [0.25, 0.3) is 10.9 Å². The van der Waals surface area contributed by atoms with Crippen molar-refractivity contribution in [3.8, 4) is 0 Å². The van der Waals surface area contributed by atoms with E-state index in [4.69, 9.17) is 23.2 Å². The highest BCUT2D eigenvalue weighted by Crippen LogP contribution is 2.29. The Kier molecular flexibility index (Phi) is 6.92. The summed E-state index contributed by atoms with van der Waals surface area (Å²) in [5.41, 5.74) is 1.15. The second kappa shape index (κ2) is 8.70. The van der Waals surface area contributed by atoms with Crippen molar-refractivity contribution in [2.24, 2.45) is 0 Å². The minimum absolute atomic E-state index is 0.711. The number of unbranched alkanes of at least 4 members (excludes halogenated alkanes) is 7. The predicted octanol–water partition coefficient (Wildman–Crippen LogP) is 7.09. The molecular weight excluding hydrogens is 301 g/mol. The number of benzene rings is 1. The quantitative estimate of drug-likeness (QED) is 0.433. The van der Waals surface area contributed by atoms with Crippen LogP contribution in [0, 0.1) is 0 Å². The molecule has 0 aliphatic heterocycles. The fourth-order valence-corrected chi connectivity index (χ4v) is 3.38. The molecular formula is C18H25Cl2N. The van der Waals surface area contributed by atoms with Crippen molar-refractivity contribution in [1.29, 1.82) is 0 Å². The van der Waals surface area contributed by atoms with Crippen LogP contribution in [-0.4, -0.2) is 4.57 Å². The van der Waals surface area contributed by atoms with E-state index >= 15 is 0 Å². The van der Waals surface area contributed by atoms with Crippen LogP contribution < -0.4 is 0 Å². The van der Waals surface area contributed by atoms with Crippen LogP contribution in [0.1, 0.15) is 58.3 Å². The molecule has 1 nitrogen and oxygen atoms in total. The van der Waals surface area contributed by atoms with E-state index in [1.54, 1.807) is 0 Å². The van der Waals surface area contributed by atoms with E-state index in [0.29, 0.717) is 5.02 Å². The number of hydrogen-bond acceptors (Lipinski definition) is 0. The Balaban J connectivity index is 1.76. The molecule has 2 aromatic rings. The third-order valence-electron chi connectivity index (χ3n) is 4.06. The molecule has 0 aliphatic carbocycles. The maximum Gasteiger partial charge on any atom is 0.0514 e. The molecule has 0 bridgehead atoms. The van der Waals surface area contributed by atoms with Crippen molar-refractivity contribution in [2.75, 3.05) is 0 Å². The Morgan fingerprint density at radius 1 is 0.905 bits per heavy atom. The van der Waals surface area contributed by atoms with E-state index < -0.39 is 0 Å². The van der Waals surface area contributed by atoms with Gasteiger partial charge in [0.25, 0.3) is 0 Å². The van der Waals surface area contributed by atoms with Crippen LogP contribution in [0.4, 0.5) is 0 Å². The van der Waals surface area contributed by atoms with Crippen LogP contribution in [0.3, 0.4) is 0 Å². The first kappa shape index (κ1) is 16.7. The fraction of sp³-hybridized carbons (Fsp3) is 0.556. The maximum atomic E-state index is 6.22. The number of aryl methyl sites for hydroxylation is 1. The van der Waals surface area contributed by atoms with Crippen molar-refractivity contribution in [3.05, 3.63) is 34.4 Å². The molecule has 1 heterocycles. The molecule has 0 radical (unpaired) electrons. The molecule has 0 atom stereocenters. The Hall–Kier alpha value is -0.660. The van der Waals surface area contributed by atoms with Gasteiger partial charge in [-0.3, -0.25) is 0 Å². The summed E-state index contributed by atoms with van der Waals surface area (Å²) in [6.07, 6.45) is 12.9. The first-order valence-electron chi connectivity index (χ1n) is 8.16. The zero-order valence-corrected chi connectivity index (χ0v) is 14.4. The summed E-state index contributed by atoms with van der Waals surface area (Å²) in [4.78, 5) is 0. The third-order valence-corrected chi connectivity index (χ3v) is 4.59. The number of nitrogens with zero attached hydrogens (tertiary/aromatic N) is 1. The average Bonchev–Trinajstić information content (AvgIpc) is 2.85. The van der Waals surface area contributed by atoms with E-state index in [2.05, 4.69) is 23.8 Å². The molecule has 0 saturated heterocycles. The van der Waals surface area contributed by atoms with Gasteiger partial charge in [-0.1, -0.05) is 75.1 Å². The summed E-state index contributed by atoms with van der Waals surface area (Å²) in [6.45, 7) is 3.31. The molecule has 0 spiro atoms. The van der Waals surface area contributed by atoms with Gasteiger partial charge in [-0.15, -0.1) is 0 Å². The van der Waals surface area contributed by atoms with Crippen LogP contribution in [0.15, 0.2) is 24.4 Å². The third kappa shape index (κ3) is 4.93. The zero-order chi connectivity index (χ0) is 15.1. The van der Waals surface area contributed by atoms with Crippen molar-refractivity contribution < 1.29 is 0 Å². The lowest BCUT2D eigenvalue weighted by atomic mass is 10.1. The van der Waals surface area contributed by atoms with Crippen molar-refractivity contribution in [1.82, 2.24) is 4.57 Å². The zero-order valence-electron chi connectivity index (χ0n) is 12.9. The van der Waals surface area contributed by atoms with Gasteiger partial charge in [0.15, 0.2) is 0 Å². The van der Waals surface area contributed by atoms with Crippen molar-refractivity contribution >= 4 is 34.1 Å². The minimum atomic E-state index is 0.711. The van der Waals surface area contributed by atoms with Crippen LogP contribution >= 0.6 is 23.2 Å². The van der Waals surface area contributed by atoms with E-state index in [1.165, 1.54) is 51.4 Å². The summed E-state index contributed by atoms with van der Waals surface area (Å²) in [7, 11) is 0. The van der Waals surface area contributed by atoms with Gasteiger partial charge in [0.1, 0.15) is 0 Å². The van der Waals surface area contributed by atoms with Gasteiger partial charge in [0.2, 0.25) is 0 Å². The highest BCUT2D eigenvalue weighted by molar-refractivity contribution is 6.38. The Bertz CT molecular complexity index is 560. The summed E-state index contributed by atoms with van der Waals surface area (Å²) in [5.74, 6) is 0. The standard InChI is InChI=1S/C18H25Cl2N/c1-2-3-4-5-6-7-8-9-11-21-12-10-16-17(20)13-15(19)14-18(16)21/h10,12-14H,2-9,11H2,1H3. The molecule has 0 saturated carbocycles. The molecule has 0 fully saturated rings. The number of hydrogen-bond donors (Lipinski definition) is 0. The molecule has 1 aromatic heterocycles. The van der Waals surface area contributed by atoms with Crippen molar-refractivity contribution in [3.63, 3.8) is 0 Å². The van der Waals surface area contributed by atoms with Crippen LogP contribution in [-0.2, 0) is 6.54 Å². The summed E-state index contributed by atoms with van der Waals surface area (Å²) >= 11 is 12.3. The Labute approximate surface area is 138 Å². The molecule has 0 unspecified atom stereocenters. The fourth-order valence-electron chi connectivity index (χ4n) is 2.83. The topological polar surface area (TPSA) is 4.93 Å². The van der Waals surface area contributed by atoms with Crippen LogP contribution in [0.2, 0.25) is 10.0 Å². The van der Waals surface area contributed by atoms with E-state index in [1.807, 2.05) is 12.1 Å². The molecule has 1 aromatic carbocycles. The molecule has 0 aliphatic rings. The maximum absolute atomic E-state index is 6.22. The van der Waals surface area contributed by atoms with Crippen LogP contribution in [0.5, 0.6) is 0 Å². The highest BCUT2D eigenvalue weighted by Gasteiger charge is 2.06. The minimum Gasteiger partial charge on any atom is -0.347 e.